The van der Waals surface area contributed by atoms with Gasteiger partial charge in [0.25, 0.3) is 0 Å². The van der Waals surface area contributed by atoms with E-state index in [9.17, 15) is 4.39 Å². The second-order valence-corrected chi connectivity index (χ2v) is 6.11. The Morgan fingerprint density at radius 2 is 1.95 bits per heavy atom. The Labute approximate surface area is 135 Å². The third-order valence-corrected chi connectivity index (χ3v) is 4.24. The fourth-order valence-corrected chi connectivity index (χ4v) is 3.04. The number of benzene rings is 1. The van der Waals surface area contributed by atoms with Crippen molar-refractivity contribution in [2.24, 2.45) is 11.7 Å². The molecule has 1 aromatic carbocycles. The summed E-state index contributed by atoms with van der Waals surface area (Å²) in [5, 5.41) is 3.02. The average Bonchev–Trinajstić information content (AvgIpc) is 2.48. The maximum Gasteiger partial charge on any atom is 0.134 e. The van der Waals surface area contributed by atoms with E-state index in [2.05, 4.69) is 25.7 Å². The normalized spacial score (nSPS) is 12.2. The van der Waals surface area contributed by atoms with Crippen LogP contribution in [-0.4, -0.2) is 7.05 Å². The lowest BCUT2D eigenvalue weighted by molar-refractivity contribution is 0.402. The molecular formula is C19H31FN2. The van der Waals surface area contributed by atoms with Crippen molar-refractivity contribution in [3.05, 3.63) is 35.7 Å². The van der Waals surface area contributed by atoms with Crippen molar-refractivity contribution in [3.63, 3.8) is 0 Å². The minimum absolute atomic E-state index is 0.264. The van der Waals surface area contributed by atoms with E-state index >= 15 is 0 Å². The fraction of sp³-hybridized carbons (Fsp3) is 0.579. The molecule has 0 aliphatic carbocycles. The van der Waals surface area contributed by atoms with E-state index in [4.69, 9.17) is 5.73 Å². The van der Waals surface area contributed by atoms with E-state index in [1.54, 1.807) is 13.1 Å². The number of halogens is 1. The van der Waals surface area contributed by atoms with Crippen LogP contribution in [0.3, 0.4) is 0 Å². The lowest BCUT2D eigenvalue weighted by Crippen LogP contribution is -2.06. The summed E-state index contributed by atoms with van der Waals surface area (Å²) in [6.07, 6.45) is 8.33. The molecule has 124 valence electrons. The van der Waals surface area contributed by atoms with Crippen LogP contribution in [-0.2, 0) is 6.42 Å². The summed E-state index contributed by atoms with van der Waals surface area (Å²) < 4.78 is 14.2. The highest BCUT2D eigenvalue weighted by molar-refractivity contribution is 5.74. The highest BCUT2D eigenvalue weighted by Gasteiger charge is 2.13. The summed E-state index contributed by atoms with van der Waals surface area (Å²) in [4.78, 5) is 0. The van der Waals surface area contributed by atoms with Crippen molar-refractivity contribution in [1.29, 1.82) is 0 Å². The number of unbranched alkanes of at least 4 members (excludes halogenated alkanes) is 1. The summed E-state index contributed by atoms with van der Waals surface area (Å²) in [6.45, 7) is 8.12. The van der Waals surface area contributed by atoms with Gasteiger partial charge in [0, 0.05) is 18.4 Å². The van der Waals surface area contributed by atoms with Crippen LogP contribution in [0.2, 0.25) is 0 Å². The molecule has 1 unspecified atom stereocenters. The molecule has 0 radical (unpaired) electrons. The molecule has 0 aliphatic heterocycles. The van der Waals surface area contributed by atoms with E-state index < -0.39 is 0 Å². The Kier molecular flexibility index (Phi) is 8.00. The molecule has 22 heavy (non-hydrogen) atoms. The quantitative estimate of drug-likeness (QED) is 0.612. The Bertz CT molecular complexity index is 483. The molecule has 0 spiro atoms. The van der Waals surface area contributed by atoms with Gasteiger partial charge in [-0.15, -0.1) is 0 Å². The highest BCUT2D eigenvalue weighted by atomic mass is 19.1. The van der Waals surface area contributed by atoms with Crippen LogP contribution in [0.1, 0.15) is 63.5 Å². The van der Waals surface area contributed by atoms with Crippen molar-refractivity contribution in [2.45, 2.75) is 58.8 Å². The van der Waals surface area contributed by atoms with Gasteiger partial charge >= 0.3 is 0 Å². The smallest absolute Gasteiger partial charge is 0.134 e. The number of nitrogens with two attached hydrogens (primary N) is 1. The average molecular weight is 306 g/mol. The number of anilines is 1. The third kappa shape index (κ3) is 5.36. The molecule has 0 amide bonds. The molecule has 0 fully saturated rings. The van der Waals surface area contributed by atoms with Gasteiger partial charge in [-0.1, -0.05) is 52.5 Å². The molecule has 3 heteroatoms. The molecule has 2 nitrogen and oxygen atoms in total. The van der Waals surface area contributed by atoms with Crippen molar-refractivity contribution in [1.82, 2.24) is 0 Å². The number of aryl methyl sites for hydroxylation is 1. The zero-order valence-corrected chi connectivity index (χ0v) is 14.3. The van der Waals surface area contributed by atoms with Gasteiger partial charge in [-0.25, -0.2) is 4.39 Å². The summed E-state index contributed by atoms with van der Waals surface area (Å²) in [7, 11) is 1.78. The minimum atomic E-state index is -0.282. The predicted molar refractivity (Wildman–Crippen MR) is 95.4 cm³/mol. The van der Waals surface area contributed by atoms with Gasteiger partial charge in [-0.2, -0.15) is 0 Å². The van der Waals surface area contributed by atoms with Crippen LogP contribution in [0.25, 0.3) is 5.70 Å². The van der Waals surface area contributed by atoms with E-state index in [0.29, 0.717) is 5.56 Å². The summed E-state index contributed by atoms with van der Waals surface area (Å²) in [5.41, 5.74) is 8.10. The van der Waals surface area contributed by atoms with Crippen molar-refractivity contribution in [2.75, 3.05) is 12.4 Å². The molecule has 0 heterocycles. The Balaban J connectivity index is 2.80. The first-order valence-corrected chi connectivity index (χ1v) is 8.48. The molecule has 0 aliphatic rings. The number of nitrogens with one attached hydrogen (secondary N) is 1. The van der Waals surface area contributed by atoms with Gasteiger partial charge < -0.3 is 11.1 Å². The van der Waals surface area contributed by atoms with Gasteiger partial charge in [-0.05, 0) is 36.5 Å². The number of hydrogen-bond donors (Lipinski definition) is 2. The maximum absolute atomic E-state index is 14.2. The SMILES string of the molecule is C=C(N)c1c(F)cc(CCC(CCC)CCCC)cc1NC. The number of hydrogen-bond acceptors (Lipinski definition) is 2. The van der Waals surface area contributed by atoms with Gasteiger partial charge in [-0.3, -0.25) is 0 Å². The lowest BCUT2D eigenvalue weighted by atomic mass is 9.90. The first-order valence-electron chi connectivity index (χ1n) is 8.48. The second kappa shape index (κ2) is 9.50. The van der Waals surface area contributed by atoms with Crippen LogP contribution in [0.5, 0.6) is 0 Å². The summed E-state index contributed by atoms with van der Waals surface area (Å²) in [6, 6.07) is 3.61. The largest absolute Gasteiger partial charge is 0.399 e. The van der Waals surface area contributed by atoms with Crippen LogP contribution in [0, 0.1) is 11.7 Å². The predicted octanol–water partition coefficient (Wildman–Crippen LogP) is 5.34. The first kappa shape index (κ1) is 18.5. The summed E-state index contributed by atoms with van der Waals surface area (Å²) >= 11 is 0. The molecular weight excluding hydrogens is 275 g/mol. The van der Waals surface area contributed by atoms with Gasteiger partial charge in [0.1, 0.15) is 5.82 Å². The van der Waals surface area contributed by atoms with E-state index in [1.165, 1.54) is 32.1 Å². The molecule has 0 saturated carbocycles. The minimum Gasteiger partial charge on any atom is -0.399 e. The second-order valence-electron chi connectivity index (χ2n) is 6.11. The van der Waals surface area contributed by atoms with Crippen LogP contribution in [0.15, 0.2) is 18.7 Å². The summed E-state index contributed by atoms with van der Waals surface area (Å²) in [5.74, 6) is 0.463. The van der Waals surface area contributed by atoms with Gasteiger partial charge in [0.2, 0.25) is 0 Å². The Morgan fingerprint density at radius 3 is 2.50 bits per heavy atom. The van der Waals surface area contributed by atoms with Gasteiger partial charge in [0.15, 0.2) is 0 Å². The van der Waals surface area contributed by atoms with Crippen molar-refractivity contribution >= 4 is 11.4 Å². The highest BCUT2D eigenvalue weighted by Crippen LogP contribution is 2.27. The lowest BCUT2D eigenvalue weighted by Gasteiger charge is -2.17. The van der Waals surface area contributed by atoms with Gasteiger partial charge in [0.05, 0.1) is 5.56 Å². The third-order valence-electron chi connectivity index (χ3n) is 4.24. The van der Waals surface area contributed by atoms with E-state index in [0.717, 1.165) is 30.0 Å². The molecule has 1 atom stereocenters. The molecule has 0 saturated heterocycles. The maximum atomic E-state index is 14.2. The number of rotatable bonds is 10. The fourth-order valence-electron chi connectivity index (χ4n) is 3.04. The van der Waals surface area contributed by atoms with E-state index in [-0.39, 0.29) is 11.5 Å². The molecule has 1 rings (SSSR count). The standard InChI is InChI=1S/C19H31FN2/c1-5-7-9-15(8-6-2)10-11-16-12-17(20)19(14(3)21)18(13-16)22-4/h12-13,15,22H,3,5-11,21H2,1-2,4H3. The Morgan fingerprint density at radius 1 is 1.23 bits per heavy atom. The van der Waals surface area contributed by atoms with Crippen LogP contribution in [0.4, 0.5) is 10.1 Å². The zero-order valence-electron chi connectivity index (χ0n) is 14.3. The molecule has 0 aromatic heterocycles. The molecule has 3 N–H and O–H groups in total. The molecule has 0 bridgehead atoms. The topological polar surface area (TPSA) is 38.0 Å². The Hall–Kier alpha value is -1.51. The first-order chi connectivity index (χ1) is 10.5. The van der Waals surface area contributed by atoms with Crippen molar-refractivity contribution < 1.29 is 4.39 Å². The monoisotopic (exact) mass is 306 g/mol. The van der Waals surface area contributed by atoms with Crippen LogP contribution < -0.4 is 11.1 Å². The van der Waals surface area contributed by atoms with Crippen molar-refractivity contribution in [3.8, 4) is 0 Å². The zero-order chi connectivity index (χ0) is 16.5. The molecule has 1 aromatic rings. The van der Waals surface area contributed by atoms with Crippen LogP contribution >= 0.6 is 0 Å². The van der Waals surface area contributed by atoms with E-state index in [1.807, 2.05) is 6.07 Å².